The van der Waals surface area contributed by atoms with Crippen molar-refractivity contribution in [2.24, 2.45) is 0 Å². The average molecular weight is 301 g/mol. The SMILES string of the molecule is Cc1cc(C(=O)NCCn2ccc(C(F)(F)F)n2)c(C)o1. The van der Waals surface area contributed by atoms with Gasteiger partial charge in [-0.25, -0.2) is 0 Å². The van der Waals surface area contributed by atoms with Gasteiger partial charge in [-0.15, -0.1) is 0 Å². The highest BCUT2D eigenvalue weighted by Gasteiger charge is 2.33. The highest BCUT2D eigenvalue weighted by atomic mass is 19.4. The molecule has 2 heterocycles. The lowest BCUT2D eigenvalue weighted by Crippen LogP contribution is -2.27. The first-order valence-electron chi connectivity index (χ1n) is 6.23. The number of halogens is 3. The summed E-state index contributed by atoms with van der Waals surface area (Å²) in [5.74, 6) is 0.801. The number of hydrogen-bond donors (Lipinski definition) is 1. The molecule has 0 aliphatic carbocycles. The van der Waals surface area contributed by atoms with Gasteiger partial charge in [0.15, 0.2) is 5.69 Å². The molecule has 8 heteroatoms. The smallest absolute Gasteiger partial charge is 0.435 e. The number of alkyl halides is 3. The summed E-state index contributed by atoms with van der Waals surface area (Å²) in [7, 11) is 0. The van der Waals surface area contributed by atoms with Crippen LogP contribution in [-0.4, -0.2) is 22.2 Å². The molecule has 0 fully saturated rings. The second kappa shape index (κ2) is 5.63. The molecule has 2 rings (SSSR count). The molecule has 0 aliphatic heterocycles. The third kappa shape index (κ3) is 3.65. The van der Waals surface area contributed by atoms with Crippen molar-refractivity contribution in [2.75, 3.05) is 6.54 Å². The van der Waals surface area contributed by atoms with E-state index in [9.17, 15) is 18.0 Å². The monoisotopic (exact) mass is 301 g/mol. The molecule has 2 aromatic heterocycles. The van der Waals surface area contributed by atoms with E-state index in [1.54, 1.807) is 19.9 Å². The minimum Gasteiger partial charge on any atom is -0.466 e. The first-order chi connectivity index (χ1) is 9.77. The van der Waals surface area contributed by atoms with Gasteiger partial charge in [0.2, 0.25) is 0 Å². The predicted octanol–water partition coefficient (Wildman–Crippen LogP) is 2.54. The van der Waals surface area contributed by atoms with Crippen LogP contribution in [0.1, 0.15) is 27.6 Å². The van der Waals surface area contributed by atoms with Gasteiger partial charge in [-0.3, -0.25) is 9.48 Å². The highest BCUT2D eigenvalue weighted by Crippen LogP contribution is 2.27. The molecule has 1 amide bonds. The van der Waals surface area contributed by atoms with Gasteiger partial charge in [-0.2, -0.15) is 18.3 Å². The minimum atomic E-state index is -4.46. The lowest BCUT2D eigenvalue weighted by atomic mass is 10.2. The number of aryl methyl sites for hydroxylation is 2. The molecule has 0 bridgehead atoms. The summed E-state index contributed by atoms with van der Waals surface area (Å²) in [5.41, 5.74) is -0.529. The van der Waals surface area contributed by atoms with Gasteiger partial charge in [0.1, 0.15) is 11.5 Å². The summed E-state index contributed by atoms with van der Waals surface area (Å²) in [4.78, 5) is 11.9. The van der Waals surface area contributed by atoms with E-state index in [1.807, 2.05) is 0 Å². The summed E-state index contributed by atoms with van der Waals surface area (Å²) < 4.78 is 43.5. The normalized spacial score (nSPS) is 11.7. The first-order valence-corrected chi connectivity index (χ1v) is 6.23. The third-order valence-electron chi connectivity index (χ3n) is 2.84. The Hall–Kier alpha value is -2.25. The van der Waals surface area contributed by atoms with Gasteiger partial charge < -0.3 is 9.73 Å². The summed E-state index contributed by atoms with van der Waals surface area (Å²) >= 11 is 0. The van der Waals surface area contributed by atoms with Crippen LogP contribution in [0.25, 0.3) is 0 Å². The molecular weight excluding hydrogens is 287 g/mol. The fourth-order valence-electron chi connectivity index (χ4n) is 1.87. The molecule has 0 aromatic carbocycles. The second-order valence-corrected chi connectivity index (χ2v) is 4.54. The number of hydrogen-bond acceptors (Lipinski definition) is 3. The molecule has 2 aromatic rings. The number of amides is 1. The van der Waals surface area contributed by atoms with Crippen molar-refractivity contribution in [3.63, 3.8) is 0 Å². The number of carbonyl (C=O) groups is 1. The van der Waals surface area contributed by atoms with E-state index in [2.05, 4.69) is 10.4 Å². The largest absolute Gasteiger partial charge is 0.466 e. The van der Waals surface area contributed by atoms with E-state index < -0.39 is 11.9 Å². The van der Waals surface area contributed by atoms with Crippen LogP contribution in [0.15, 0.2) is 22.7 Å². The molecule has 5 nitrogen and oxygen atoms in total. The van der Waals surface area contributed by atoms with Gasteiger partial charge in [0, 0.05) is 12.7 Å². The molecule has 114 valence electrons. The molecule has 0 unspecified atom stereocenters. The van der Waals surface area contributed by atoms with Crippen LogP contribution in [-0.2, 0) is 12.7 Å². The molecule has 1 N–H and O–H groups in total. The molecule has 0 radical (unpaired) electrons. The van der Waals surface area contributed by atoms with Crippen LogP contribution in [0.5, 0.6) is 0 Å². The van der Waals surface area contributed by atoms with Crippen LogP contribution >= 0.6 is 0 Å². The maximum absolute atomic E-state index is 12.4. The van der Waals surface area contributed by atoms with Gasteiger partial charge in [0.25, 0.3) is 5.91 Å². The fourth-order valence-corrected chi connectivity index (χ4v) is 1.87. The number of rotatable bonds is 4. The first kappa shape index (κ1) is 15.1. The Morgan fingerprint density at radius 1 is 1.43 bits per heavy atom. The van der Waals surface area contributed by atoms with Crippen molar-refractivity contribution in [1.29, 1.82) is 0 Å². The van der Waals surface area contributed by atoms with E-state index in [4.69, 9.17) is 4.42 Å². The fraction of sp³-hybridized carbons (Fsp3) is 0.385. The van der Waals surface area contributed by atoms with Crippen LogP contribution in [0.2, 0.25) is 0 Å². The summed E-state index contributed by atoms with van der Waals surface area (Å²) in [6.45, 7) is 3.72. The van der Waals surface area contributed by atoms with Gasteiger partial charge >= 0.3 is 6.18 Å². The number of nitrogens with one attached hydrogen (secondary N) is 1. The van der Waals surface area contributed by atoms with Crippen molar-refractivity contribution in [2.45, 2.75) is 26.6 Å². The third-order valence-corrected chi connectivity index (χ3v) is 2.84. The molecular formula is C13H14F3N3O2. The van der Waals surface area contributed by atoms with Crippen molar-refractivity contribution in [1.82, 2.24) is 15.1 Å². The Morgan fingerprint density at radius 3 is 2.67 bits per heavy atom. The molecule has 0 aliphatic rings. The number of carbonyl (C=O) groups excluding carboxylic acids is 1. The molecule has 0 saturated heterocycles. The Labute approximate surface area is 118 Å². The summed E-state index contributed by atoms with van der Waals surface area (Å²) in [6.07, 6.45) is -3.23. The van der Waals surface area contributed by atoms with Gasteiger partial charge in [-0.1, -0.05) is 0 Å². The van der Waals surface area contributed by atoms with Crippen molar-refractivity contribution in [3.05, 3.63) is 41.1 Å². The molecule has 0 spiro atoms. The molecule has 0 saturated carbocycles. The predicted molar refractivity (Wildman–Crippen MR) is 67.7 cm³/mol. The zero-order chi connectivity index (χ0) is 15.6. The lowest BCUT2D eigenvalue weighted by Gasteiger charge is -2.05. The van der Waals surface area contributed by atoms with Crippen molar-refractivity contribution >= 4 is 5.91 Å². The zero-order valence-electron chi connectivity index (χ0n) is 11.5. The van der Waals surface area contributed by atoms with Crippen molar-refractivity contribution < 1.29 is 22.4 Å². The minimum absolute atomic E-state index is 0.150. The standard InChI is InChI=1S/C13H14F3N3O2/c1-8-7-10(9(2)21-8)12(20)17-4-6-19-5-3-11(18-19)13(14,15)16/h3,5,7H,4,6H2,1-2H3,(H,17,20). The Bertz CT molecular complexity index is 643. The average Bonchev–Trinajstić information content (AvgIpc) is 2.95. The van der Waals surface area contributed by atoms with E-state index in [1.165, 1.54) is 6.20 Å². The van der Waals surface area contributed by atoms with Gasteiger partial charge in [-0.05, 0) is 26.0 Å². The van der Waals surface area contributed by atoms with E-state index in [-0.39, 0.29) is 19.0 Å². The summed E-state index contributed by atoms with van der Waals surface area (Å²) in [6, 6.07) is 2.51. The Kier molecular flexibility index (Phi) is 4.06. The van der Waals surface area contributed by atoms with Crippen LogP contribution < -0.4 is 5.32 Å². The van der Waals surface area contributed by atoms with E-state index >= 15 is 0 Å². The maximum atomic E-state index is 12.4. The zero-order valence-corrected chi connectivity index (χ0v) is 11.5. The second-order valence-electron chi connectivity index (χ2n) is 4.54. The number of aromatic nitrogens is 2. The van der Waals surface area contributed by atoms with Crippen LogP contribution in [0.4, 0.5) is 13.2 Å². The van der Waals surface area contributed by atoms with E-state index in [0.717, 1.165) is 10.7 Å². The lowest BCUT2D eigenvalue weighted by molar-refractivity contribution is -0.141. The number of furan rings is 1. The van der Waals surface area contributed by atoms with Crippen LogP contribution in [0.3, 0.4) is 0 Å². The maximum Gasteiger partial charge on any atom is 0.435 e. The highest BCUT2D eigenvalue weighted by molar-refractivity contribution is 5.95. The Morgan fingerprint density at radius 2 is 2.14 bits per heavy atom. The Balaban J connectivity index is 1.88. The summed E-state index contributed by atoms with van der Waals surface area (Å²) in [5, 5.41) is 6.00. The molecule has 0 atom stereocenters. The molecule has 21 heavy (non-hydrogen) atoms. The van der Waals surface area contributed by atoms with Gasteiger partial charge in [0.05, 0.1) is 12.1 Å². The quantitative estimate of drug-likeness (QED) is 0.944. The van der Waals surface area contributed by atoms with E-state index in [0.29, 0.717) is 17.1 Å². The topological polar surface area (TPSA) is 60.1 Å². The van der Waals surface area contributed by atoms with Crippen molar-refractivity contribution in [3.8, 4) is 0 Å². The van der Waals surface area contributed by atoms with Crippen LogP contribution in [0, 0.1) is 13.8 Å². The number of nitrogens with zero attached hydrogens (tertiary/aromatic N) is 2.